The Balaban J connectivity index is 1.85. The fraction of sp³-hybridized carbons (Fsp3) is 0.455. The van der Waals surface area contributed by atoms with Gasteiger partial charge in [0.15, 0.2) is 5.76 Å². The second-order valence-electron chi connectivity index (χ2n) is 4.57. The van der Waals surface area contributed by atoms with Crippen molar-refractivity contribution in [3.8, 4) is 0 Å². The van der Waals surface area contributed by atoms with Crippen LogP contribution in [0.15, 0.2) is 10.6 Å². The summed E-state index contributed by atoms with van der Waals surface area (Å²) in [6.45, 7) is 2.51. The van der Waals surface area contributed by atoms with Gasteiger partial charge in [0, 0.05) is 12.6 Å². The number of amides is 1. The topological polar surface area (TPSA) is 114 Å². The third kappa shape index (κ3) is 2.05. The number of aromatic amines is 1. The Morgan fingerprint density at radius 3 is 3.11 bits per heavy atom. The number of hydrogen-bond donors (Lipinski definition) is 2. The summed E-state index contributed by atoms with van der Waals surface area (Å²) in [5.41, 5.74) is 6.22. The van der Waals surface area contributed by atoms with Crippen LogP contribution >= 0.6 is 0 Å². The number of nitrogens with one attached hydrogen (secondary N) is 1. The normalized spacial score (nSPS) is 19.0. The predicted molar refractivity (Wildman–Crippen MR) is 65.0 cm³/mol. The number of carbonyl (C=O) groups excluding carboxylic acids is 1. The summed E-state index contributed by atoms with van der Waals surface area (Å²) >= 11 is 0. The standard InChI is InChI=1S/C11H14N6O2/c1-6-5-8(19-16-6)7-3-2-4-17(7)10(18)9-13-11(12)15-14-9/h5,7H,2-4H2,1H3,(H3,12,13,14,15). The average molecular weight is 262 g/mol. The van der Waals surface area contributed by atoms with Gasteiger partial charge in [-0.15, -0.1) is 5.10 Å². The molecule has 0 aliphatic carbocycles. The summed E-state index contributed by atoms with van der Waals surface area (Å²) in [4.78, 5) is 17.9. The van der Waals surface area contributed by atoms with E-state index in [1.54, 1.807) is 4.90 Å². The van der Waals surface area contributed by atoms with Crippen molar-refractivity contribution >= 4 is 11.9 Å². The number of rotatable bonds is 2. The summed E-state index contributed by atoms with van der Waals surface area (Å²) in [5, 5.41) is 10.1. The van der Waals surface area contributed by atoms with Crippen molar-refractivity contribution in [1.29, 1.82) is 0 Å². The van der Waals surface area contributed by atoms with E-state index < -0.39 is 0 Å². The molecule has 0 radical (unpaired) electrons. The number of anilines is 1. The van der Waals surface area contributed by atoms with E-state index in [4.69, 9.17) is 10.3 Å². The Morgan fingerprint density at radius 2 is 2.47 bits per heavy atom. The Kier molecular flexibility index (Phi) is 2.69. The maximum absolute atomic E-state index is 12.3. The number of aromatic nitrogens is 4. The van der Waals surface area contributed by atoms with E-state index in [0.717, 1.165) is 18.5 Å². The second kappa shape index (κ2) is 4.38. The average Bonchev–Trinajstić information content (AvgIpc) is 3.07. The van der Waals surface area contributed by atoms with Gasteiger partial charge in [-0.25, -0.2) is 0 Å². The van der Waals surface area contributed by atoms with Crippen LogP contribution in [0.3, 0.4) is 0 Å². The molecule has 2 aromatic heterocycles. The minimum Gasteiger partial charge on any atom is -0.366 e. The van der Waals surface area contributed by atoms with Gasteiger partial charge in [0.05, 0.1) is 11.7 Å². The molecule has 8 heteroatoms. The van der Waals surface area contributed by atoms with Crippen LogP contribution in [0.25, 0.3) is 0 Å². The highest BCUT2D eigenvalue weighted by atomic mass is 16.5. The second-order valence-corrected chi connectivity index (χ2v) is 4.57. The molecule has 2 aromatic rings. The fourth-order valence-electron chi connectivity index (χ4n) is 2.35. The molecule has 1 aliphatic heterocycles. The first-order chi connectivity index (χ1) is 9.15. The van der Waals surface area contributed by atoms with Gasteiger partial charge in [-0.1, -0.05) is 5.16 Å². The van der Waals surface area contributed by atoms with Crippen LogP contribution in [0.4, 0.5) is 5.95 Å². The van der Waals surface area contributed by atoms with Gasteiger partial charge in [-0.3, -0.25) is 9.89 Å². The van der Waals surface area contributed by atoms with Gasteiger partial charge in [0.1, 0.15) is 0 Å². The van der Waals surface area contributed by atoms with Crippen LogP contribution in [-0.2, 0) is 0 Å². The number of carbonyl (C=O) groups is 1. The van der Waals surface area contributed by atoms with Crippen molar-refractivity contribution in [1.82, 2.24) is 25.2 Å². The summed E-state index contributed by atoms with van der Waals surface area (Å²) in [6, 6.07) is 1.75. The maximum Gasteiger partial charge on any atom is 0.291 e. The van der Waals surface area contributed by atoms with Crippen molar-refractivity contribution in [2.75, 3.05) is 12.3 Å². The molecule has 0 saturated carbocycles. The van der Waals surface area contributed by atoms with E-state index in [0.29, 0.717) is 12.3 Å². The molecule has 8 nitrogen and oxygen atoms in total. The molecule has 3 N–H and O–H groups in total. The lowest BCUT2D eigenvalue weighted by Gasteiger charge is -2.21. The first-order valence-corrected chi connectivity index (χ1v) is 6.07. The smallest absolute Gasteiger partial charge is 0.291 e. The largest absolute Gasteiger partial charge is 0.366 e. The molecule has 1 amide bonds. The molecular weight excluding hydrogens is 248 g/mol. The third-order valence-corrected chi connectivity index (χ3v) is 3.19. The number of hydrogen-bond acceptors (Lipinski definition) is 6. The lowest BCUT2D eigenvalue weighted by Crippen LogP contribution is -2.31. The lowest BCUT2D eigenvalue weighted by atomic mass is 10.1. The molecule has 1 unspecified atom stereocenters. The van der Waals surface area contributed by atoms with Crippen LogP contribution < -0.4 is 5.73 Å². The fourth-order valence-corrected chi connectivity index (χ4v) is 2.35. The highest BCUT2D eigenvalue weighted by Gasteiger charge is 2.34. The molecule has 0 spiro atoms. The van der Waals surface area contributed by atoms with Crippen LogP contribution in [0.2, 0.25) is 0 Å². The molecule has 0 bridgehead atoms. The molecule has 3 heterocycles. The van der Waals surface area contributed by atoms with Crippen molar-refractivity contribution in [3.63, 3.8) is 0 Å². The summed E-state index contributed by atoms with van der Waals surface area (Å²) in [6.07, 6.45) is 1.77. The van der Waals surface area contributed by atoms with E-state index in [1.807, 2.05) is 13.0 Å². The summed E-state index contributed by atoms with van der Waals surface area (Å²) in [7, 11) is 0. The summed E-state index contributed by atoms with van der Waals surface area (Å²) < 4.78 is 5.25. The minimum absolute atomic E-state index is 0.0645. The van der Waals surface area contributed by atoms with Crippen molar-refractivity contribution < 1.29 is 9.32 Å². The maximum atomic E-state index is 12.3. The van der Waals surface area contributed by atoms with Crippen LogP contribution in [-0.4, -0.2) is 37.7 Å². The van der Waals surface area contributed by atoms with E-state index in [9.17, 15) is 4.79 Å². The molecule has 1 atom stereocenters. The highest BCUT2D eigenvalue weighted by Crippen LogP contribution is 2.32. The predicted octanol–water partition coefficient (Wildman–Crippen LogP) is 0.661. The van der Waals surface area contributed by atoms with Gasteiger partial charge < -0.3 is 15.2 Å². The van der Waals surface area contributed by atoms with E-state index in [-0.39, 0.29) is 23.7 Å². The molecule has 100 valence electrons. The van der Waals surface area contributed by atoms with Crippen LogP contribution in [0.5, 0.6) is 0 Å². The van der Waals surface area contributed by atoms with Crippen LogP contribution in [0, 0.1) is 6.92 Å². The SMILES string of the molecule is Cc1cc(C2CCCN2C(=O)c2nc(N)n[nH]2)on1. The monoisotopic (exact) mass is 262 g/mol. The molecule has 19 heavy (non-hydrogen) atoms. The number of nitrogens with zero attached hydrogens (tertiary/aromatic N) is 4. The first-order valence-electron chi connectivity index (χ1n) is 6.07. The zero-order valence-corrected chi connectivity index (χ0v) is 10.5. The molecular formula is C11H14N6O2. The quantitative estimate of drug-likeness (QED) is 0.821. The molecule has 1 fully saturated rings. The number of nitrogen functional groups attached to an aromatic ring is 1. The van der Waals surface area contributed by atoms with E-state index >= 15 is 0 Å². The zero-order valence-electron chi connectivity index (χ0n) is 10.5. The highest BCUT2D eigenvalue weighted by molar-refractivity contribution is 5.91. The van der Waals surface area contributed by atoms with Crippen LogP contribution in [0.1, 0.15) is 41.0 Å². The number of nitrogens with two attached hydrogens (primary N) is 1. The number of aryl methyl sites for hydroxylation is 1. The number of likely N-dealkylation sites (tertiary alicyclic amines) is 1. The Labute approximate surface area is 109 Å². The lowest BCUT2D eigenvalue weighted by molar-refractivity contribution is 0.0702. The van der Waals surface area contributed by atoms with Gasteiger partial charge in [-0.2, -0.15) is 4.98 Å². The van der Waals surface area contributed by atoms with Crippen molar-refractivity contribution in [2.24, 2.45) is 0 Å². The van der Waals surface area contributed by atoms with E-state index in [2.05, 4.69) is 20.3 Å². The van der Waals surface area contributed by atoms with Gasteiger partial charge >= 0.3 is 0 Å². The molecule has 0 aromatic carbocycles. The number of H-pyrrole nitrogens is 1. The zero-order chi connectivity index (χ0) is 13.4. The first kappa shape index (κ1) is 11.7. The van der Waals surface area contributed by atoms with Crippen molar-refractivity contribution in [3.05, 3.63) is 23.3 Å². The van der Waals surface area contributed by atoms with Gasteiger partial charge in [0.25, 0.3) is 5.91 Å². The molecule has 3 rings (SSSR count). The Bertz CT molecular complexity index is 604. The molecule has 1 saturated heterocycles. The van der Waals surface area contributed by atoms with Gasteiger partial charge in [0.2, 0.25) is 11.8 Å². The van der Waals surface area contributed by atoms with Gasteiger partial charge in [-0.05, 0) is 19.8 Å². The minimum atomic E-state index is -0.222. The van der Waals surface area contributed by atoms with E-state index in [1.165, 1.54) is 0 Å². The Morgan fingerprint density at radius 1 is 1.63 bits per heavy atom. The Hall–Kier alpha value is -2.38. The third-order valence-electron chi connectivity index (χ3n) is 3.19. The van der Waals surface area contributed by atoms with Crippen molar-refractivity contribution in [2.45, 2.75) is 25.8 Å². The molecule has 1 aliphatic rings. The summed E-state index contributed by atoms with van der Waals surface area (Å²) in [5.74, 6) is 0.701.